The number of aromatic nitrogens is 2. The summed E-state index contributed by atoms with van der Waals surface area (Å²) in [6, 6.07) is 7.31. The smallest absolute Gasteiger partial charge is 0.308 e. The zero-order chi connectivity index (χ0) is 20.7. The van der Waals surface area contributed by atoms with Gasteiger partial charge in [-0.3, -0.25) is 9.59 Å². The number of hydrogen-bond donors (Lipinski definition) is 2. The minimum Gasteiger partial charge on any atom is -0.494 e. The van der Waals surface area contributed by atoms with Crippen LogP contribution in [0.2, 0.25) is 0 Å². The molecule has 0 radical (unpaired) electrons. The number of hydrogen-bond acceptors (Lipinski definition) is 5. The van der Waals surface area contributed by atoms with E-state index in [1.165, 1.54) is 6.20 Å². The van der Waals surface area contributed by atoms with Crippen LogP contribution >= 0.6 is 0 Å². The van der Waals surface area contributed by atoms with E-state index in [0.717, 1.165) is 11.3 Å². The van der Waals surface area contributed by atoms with Crippen LogP contribution in [0, 0.1) is 12.8 Å². The van der Waals surface area contributed by atoms with Crippen molar-refractivity contribution in [3.63, 3.8) is 0 Å². The van der Waals surface area contributed by atoms with Crippen LogP contribution in [-0.4, -0.2) is 40.1 Å². The van der Waals surface area contributed by atoms with E-state index in [-0.39, 0.29) is 18.4 Å². The first-order valence-corrected chi connectivity index (χ1v) is 9.38. The lowest BCUT2D eigenvalue weighted by atomic mass is 9.99. The molecule has 0 aliphatic rings. The number of rotatable bonds is 9. The molecule has 1 unspecified atom stereocenters. The highest BCUT2D eigenvalue weighted by molar-refractivity contribution is 5.95. The number of carbonyl (C=O) groups is 2. The molecule has 2 aromatic rings. The number of carbonyl (C=O) groups excluding carboxylic acids is 1. The zero-order valence-corrected chi connectivity index (χ0v) is 16.7. The first-order valence-electron chi connectivity index (χ1n) is 9.38. The first-order chi connectivity index (χ1) is 13.3. The van der Waals surface area contributed by atoms with Gasteiger partial charge in [0.2, 0.25) is 0 Å². The quantitative estimate of drug-likeness (QED) is 0.688. The number of benzene rings is 1. The van der Waals surface area contributed by atoms with E-state index in [0.29, 0.717) is 30.1 Å². The van der Waals surface area contributed by atoms with Crippen molar-refractivity contribution in [2.24, 2.45) is 5.92 Å². The lowest BCUT2D eigenvalue weighted by Gasteiger charge is -2.16. The van der Waals surface area contributed by atoms with Crippen LogP contribution in [0.5, 0.6) is 5.75 Å². The number of carboxylic acid groups (broad SMARTS) is 1. The zero-order valence-electron chi connectivity index (χ0n) is 16.7. The molecule has 150 valence electrons. The number of nitrogens with zero attached hydrogens (tertiary/aromatic N) is 2. The van der Waals surface area contributed by atoms with Crippen molar-refractivity contribution in [1.29, 1.82) is 0 Å². The molecule has 0 saturated heterocycles. The summed E-state index contributed by atoms with van der Waals surface area (Å²) in [7, 11) is 0. The van der Waals surface area contributed by atoms with E-state index in [9.17, 15) is 14.7 Å². The van der Waals surface area contributed by atoms with Crippen molar-refractivity contribution in [3.05, 3.63) is 53.1 Å². The van der Waals surface area contributed by atoms with Gasteiger partial charge in [-0.1, -0.05) is 26.0 Å². The number of amides is 1. The fraction of sp³-hybridized carbons (Fsp3) is 0.429. The van der Waals surface area contributed by atoms with Gasteiger partial charge in [-0.25, -0.2) is 9.97 Å². The number of carboxylic acids is 1. The Hall–Kier alpha value is -2.96. The largest absolute Gasteiger partial charge is 0.494 e. The van der Waals surface area contributed by atoms with Gasteiger partial charge in [0.25, 0.3) is 5.91 Å². The molecule has 7 heteroatoms. The van der Waals surface area contributed by atoms with Gasteiger partial charge in [-0.2, -0.15) is 0 Å². The Kier molecular flexibility index (Phi) is 7.49. The Bertz CT molecular complexity index is 819. The average Bonchev–Trinajstić information content (AvgIpc) is 2.66. The van der Waals surface area contributed by atoms with Crippen LogP contribution in [0.25, 0.3) is 0 Å². The highest BCUT2D eigenvalue weighted by Gasteiger charge is 2.21. The van der Waals surface area contributed by atoms with Crippen LogP contribution in [0.4, 0.5) is 0 Å². The van der Waals surface area contributed by atoms with Crippen LogP contribution in [0.15, 0.2) is 30.5 Å². The monoisotopic (exact) mass is 385 g/mol. The molecular formula is C21H27N3O4. The summed E-state index contributed by atoms with van der Waals surface area (Å²) >= 11 is 0. The standard InChI is InChI=1S/C21H27N3O4/c1-5-28-17-8-6-15(7-9-17)10-16(21(26)27)11-23-20(25)18-12-22-14(4)24-19(18)13(2)3/h6-9,12-13,16H,5,10-11H2,1-4H3,(H,23,25)(H,26,27). The highest BCUT2D eigenvalue weighted by atomic mass is 16.5. The van der Waals surface area contributed by atoms with Crippen LogP contribution in [0.3, 0.4) is 0 Å². The molecule has 1 heterocycles. The maximum atomic E-state index is 12.6. The SMILES string of the molecule is CCOc1ccc(CC(CNC(=O)c2cnc(C)nc2C(C)C)C(=O)O)cc1. The number of nitrogens with one attached hydrogen (secondary N) is 1. The minimum absolute atomic E-state index is 0.0206. The Morgan fingerprint density at radius 3 is 2.46 bits per heavy atom. The third kappa shape index (κ3) is 5.77. The second kappa shape index (κ2) is 9.82. The van der Waals surface area contributed by atoms with Gasteiger partial charge in [-0.05, 0) is 43.9 Å². The number of aliphatic carboxylic acids is 1. The van der Waals surface area contributed by atoms with Gasteiger partial charge in [-0.15, -0.1) is 0 Å². The molecule has 0 bridgehead atoms. The van der Waals surface area contributed by atoms with Gasteiger partial charge < -0.3 is 15.2 Å². The molecule has 2 rings (SSSR count). The molecule has 0 spiro atoms. The molecule has 0 fully saturated rings. The van der Waals surface area contributed by atoms with Gasteiger partial charge in [0, 0.05) is 12.7 Å². The normalized spacial score (nSPS) is 11.9. The summed E-state index contributed by atoms with van der Waals surface area (Å²) in [4.78, 5) is 32.7. The van der Waals surface area contributed by atoms with E-state index in [1.807, 2.05) is 45.0 Å². The van der Waals surface area contributed by atoms with Crippen molar-refractivity contribution >= 4 is 11.9 Å². The molecule has 1 amide bonds. The minimum atomic E-state index is -0.960. The van der Waals surface area contributed by atoms with E-state index in [4.69, 9.17) is 4.74 Å². The summed E-state index contributed by atoms with van der Waals surface area (Å²) in [5, 5.41) is 12.3. The maximum Gasteiger partial charge on any atom is 0.308 e. The lowest BCUT2D eigenvalue weighted by Crippen LogP contribution is -2.34. The van der Waals surface area contributed by atoms with Crippen molar-refractivity contribution < 1.29 is 19.4 Å². The van der Waals surface area contributed by atoms with Crippen molar-refractivity contribution in [2.75, 3.05) is 13.2 Å². The van der Waals surface area contributed by atoms with Crippen LogP contribution < -0.4 is 10.1 Å². The third-order valence-corrected chi connectivity index (χ3v) is 4.30. The predicted molar refractivity (Wildman–Crippen MR) is 106 cm³/mol. The molecule has 28 heavy (non-hydrogen) atoms. The molecule has 1 aromatic carbocycles. The van der Waals surface area contributed by atoms with Crippen molar-refractivity contribution in [1.82, 2.24) is 15.3 Å². The number of aryl methyl sites for hydroxylation is 1. The summed E-state index contributed by atoms with van der Waals surface area (Å²) in [5.74, 6) is -0.663. The fourth-order valence-electron chi connectivity index (χ4n) is 2.83. The topological polar surface area (TPSA) is 101 Å². The summed E-state index contributed by atoms with van der Waals surface area (Å²) in [6.45, 7) is 8.16. The third-order valence-electron chi connectivity index (χ3n) is 4.30. The Balaban J connectivity index is 2.05. The summed E-state index contributed by atoms with van der Waals surface area (Å²) in [6.07, 6.45) is 1.80. The summed E-state index contributed by atoms with van der Waals surface area (Å²) < 4.78 is 5.39. The molecule has 7 nitrogen and oxygen atoms in total. The van der Waals surface area contributed by atoms with Crippen molar-refractivity contribution in [2.45, 2.75) is 40.0 Å². The van der Waals surface area contributed by atoms with Gasteiger partial charge in [0.1, 0.15) is 11.6 Å². The Morgan fingerprint density at radius 2 is 1.89 bits per heavy atom. The highest BCUT2D eigenvalue weighted by Crippen LogP contribution is 2.18. The fourth-order valence-corrected chi connectivity index (χ4v) is 2.83. The van der Waals surface area contributed by atoms with Gasteiger partial charge in [0.05, 0.1) is 23.8 Å². The first kappa shape index (κ1) is 21.3. The lowest BCUT2D eigenvalue weighted by molar-refractivity contribution is -0.141. The molecular weight excluding hydrogens is 358 g/mol. The average molecular weight is 385 g/mol. The van der Waals surface area contributed by atoms with Crippen LogP contribution in [-0.2, 0) is 11.2 Å². The van der Waals surface area contributed by atoms with E-state index in [1.54, 1.807) is 6.92 Å². The Labute approximate surface area is 165 Å². The van der Waals surface area contributed by atoms with Crippen LogP contribution in [0.1, 0.15) is 54.1 Å². The molecule has 0 saturated carbocycles. The van der Waals surface area contributed by atoms with E-state index >= 15 is 0 Å². The molecule has 1 atom stereocenters. The molecule has 0 aliphatic heterocycles. The second-order valence-corrected chi connectivity index (χ2v) is 6.90. The van der Waals surface area contributed by atoms with Crippen molar-refractivity contribution in [3.8, 4) is 5.75 Å². The molecule has 1 aromatic heterocycles. The molecule has 2 N–H and O–H groups in total. The van der Waals surface area contributed by atoms with Gasteiger partial charge in [0.15, 0.2) is 0 Å². The second-order valence-electron chi connectivity index (χ2n) is 6.90. The maximum absolute atomic E-state index is 12.6. The van der Waals surface area contributed by atoms with E-state index in [2.05, 4.69) is 15.3 Å². The Morgan fingerprint density at radius 1 is 1.21 bits per heavy atom. The molecule has 0 aliphatic carbocycles. The van der Waals surface area contributed by atoms with E-state index < -0.39 is 11.9 Å². The van der Waals surface area contributed by atoms with Gasteiger partial charge >= 0.3 is 5.97 Å². The predicted octanol–water partition coefficient (Wildman–Crippen LogP) is 2.98. The number of ether oxygens (including phenoxy) is 1. The summed E-state index contributed by atoms with van der Waals surface area (Å²) in [5.41, 5.74) is 1.90.